The van der Waals surface area contributed by atoms with Crippen molar-refractivity contribution in [2.75, 3.05) is 5.32 Å². The molecule has 140 valence electrons. The van der Waals surface area contributed by atoms with Gasteiger partial charge in [0.05, 0.1) is 5.25 Å². The van der Waals surface area contributed by atoms with Crippen molar-refractivity contribution in [3.8, 4) is 11.5 Å². The van der Waals surface area contributed by atoms with Crippen LogP contribution in [0.4, 0.5) is 5.69 Å². The van der Waals surface area contributed by atoms with E-state index in [1.165, 1.54) is 22.9 Å². The van der Waals surface area contributed by atoms with E-state index in [1.807, 2.05) is 58.9 Å². The Morgan fingerprint density at radius 1 is 1.00 bits per heavy atom. The van der Waals surface area contributed by atoms with Gasteiger partial charge in [0.15, 0.2) is 0 Å². The quantitative estimate of drug-likeness (QED) is 0.624. The topological polar surface area (TPSA) is 68.0 Å². The summed E-state index contributed by atoms with van der Waals surface area (Å²) in [6.45, 7) is 9.90. The van der Waals surface area contributed by atoms with Crippen LogP contribution < -0.4 is 5.32 Å². The van der Waals surface area contributed by atoms with Crippen molar-refractivity contribution >= 4 is 23.4 Å². The summed E-state index contributed by atoms with van der Waals surface area (Å²) in [5.74, 6) is 0.362. The van der Waals surface area contributed by atoms with E-state index >= 15 is 0 Å². The number of thioether (sulfide) groups is 1. The van der Waals surface area contributed by atoms with Crippen molar-refractivity contribution in [1.29, 1.82) is 0 Å². The first-order valence-corrected chi connectivity index (χ1v) is 9.67. The molecule has 27 heavy (non-hydrogen) atoms. The van der Waals surface area contributed by atoms with E-state index < -0.39 is 0 Å². The Balaban J connectivity index is 1.68. The van der Waals surface area contributed by atoms with Gasteiger partial charge in [-0.05, 0) is 57.9 Å². The van der Waals surface area contributed by atoms with Crippen LogP contribution in [0.25, 0.3) is 11.5 Å². The summed E-state index contributed by atoms with van der Waals surface area (Å²) >= 11 is 1.25. The zero-order valence-electron chi connectivity index (χ0n) is 16.2. The monoisotopic (exact) mass is 381 g/mol. The molecule has 3 rings (SSSR count). The number of aryl methyl sites for hydroxylation is 4. The minimum absolute atomic E-state index is 0.0925. The molecule has 5 nitrogen and oxygen atoms in total. The molecule has 0 fully saturated rings. The second-order valence-corrected chi connectivity index (χ2v) is 8.05. The van der Waals surface area contributed by atoms with Crippen LogP contribution in [0.1, 0.15) is 29.2 Å². The van der Waals surface area contributed by atoms with Gasteiger partial charge in [-0.15, -0.1) is 10.2 Å². The van der Waals surface area contributed by atoms with Crippen molar-refractivity contribution in [3.05, 3.63) is 58.7 Å². The van der Waals surface area contributed by atoms with E-state index in [0.717, 1.165) is 22.4 Å². The molecule has 0 radical (unpaired) electrons. The highest BCUT2D eigenvalue weighted by molar-refractivity contribution is 8.00. The molecule has 6 heteroatoms. The molecule has 0 aliphatic heterocycles. The smallest absolute Gasteiger partial charge is 0.277 e. The minimum Gasteiger partial charge on any atom is -0.411 e. The van der Waals surface area contributed by atoms with E-state index in [0.29, 0.717) is 11.1 Å². The lowest BCUT2D eigenvalue weighted by Gasteiger charge is -2.15. The van der Waals surface area contributed by atoms with Crippen LogP contribution in [0.5, 0.6) is 0 Å². The molecule has 0 saturated heterocycles. The number of benzene rings is 2. The van der Waals surface area contributed by atoms with Crippen molar-refractivity contribution < 1.29 is 9.21 Å². The number of aromatic nitrogens is 2. The fourth-order valence-electron chi connectivity index (χ4n) is 2.88. The van der Waals surface area contributed by atoms with Gasteiger partial charge in [0.2, 0.25) is 11.8 Å². The second-order valence-electron chi connectivity index (χ2n) is 6.76. The largest absolute Gasteiger partial charge is 0.411 e. The predicted molar refractivity (Wildman–Crippen MR) is 109 cm³/mol. The molecular weight excluding hydrogens is 358 g/mol. The summed E-state index contributed by atoms with van der Waals surface area (Å²) in [5, 5.41) is 11.2. The molecule has 0 aliphatic rings. The number of carbonyl (C=O) groups is 1. The maximum atomic E-state index is 12.6. The first-order valence-electron chi connectivity index (χ1n) is 8.79. The summed E-state index contributed by atoms with van der Waals surface area (Å²) in [6, 6.07) is 12.0. The third kappa shape index (κ3) is 4.57. The van der Waals surface area contributed by atoms with Gasteiger partial charge >= 0.3 is 0 Å². The molecule has 1 heterocycles. The normalized spacial score (nSPS) is 12.0. The van der Waals surface area contributed by atoms with Crippen LogP contribution >= 0.6 is 11.8 Å². The molecule has 0 unspecified atom stereocenters. The van der Waals surface area contributed by atoms with Crippen LogP contribution in [0.3, 0.4) is 0 Å². The molecule has 0 bridgehead atoms. The average Bonchev–Trinajstić information content (AvgIpc) is 3.07. The summed E-state index contributed by atoms with van der Waals surface area (Å²) in [4.78, 5) is 12.6. The summed E-state index contributed by atoms with van der Waals surface area (Å²) in [6.07, 6.45) is 0. The number of amides is 1. The Morgan fingerprint density at radius 3 is 2.26 bits per heavy atom. The zero-order valence-corrected chi connectivity index (χ0v) is 17.0. The summed E-state index contributed by atoms with van der Waals surface area (Å²) < 4.78 is 5.70. The standard InChI is InChI=1S/C21H23N3O2S/c1-12-6-8-17(9-7-12)20-23-24-21(26-20)27-16(5)19(25)22-18-14(3)10-13(2)11-15(18)4/h6-11,16H,1-5H3,(H,22,25)/t16-/m0/s1. The summed E-state index contributed by atoms with van der Waals surface area (Å²) in [5.41, 5.74) is 6.18. The molecule has 1 N–H and O–H groups in total. The maximum absolute atomic E-state index is 12.6. The molecule has 2 aromatic carbocycles. The number of hydrogen-bond acceptors (Lipinski definition) is 5. The Morgan fingerprint density at radius 2 is 1.63 bits per heavy atom. The van der Waals surface area contributed by atoms with Crippen molar-refractivity contribution in [2.45, 2.75) is 45.1 Å². The maximum Gasteiger partial charge on any atom is 0.277 e. The van der Waals surface area contributed by atoms with Gasteiger partial charge in [0, 0.05) is 11.3 Å². The number of nitrogens with one attached hydrogen (secondary N) is 1. The SMILES string of the molecule is Cc1ccc(-c2nnc(S[C@@H](C)C(=O)Nc3c(C)cc(C)cc3C)o2)cc1. The fourth-order valence-corrected chi connectivity index (χ4v) is 3.56. The third-order valence-electron chi connectivity index (χ3n) is 4.28. The molecule has 1 aromatic heterocycles. The van der Waals surface area contributed by atoms with Crippen molar-refractivity contribution in [3.63, 3.8) is 0 Å². The van der Waals surface area contributed by atoms with E-state index in [2.05, 4.69) is 27.6 Å². The molecular formula is C21H23N3O2S. The zero-order chi connectivity index (χ0) is 19.6. The predicted octanol–water partition coefficient (Wildman–Crippen LogP) is 5.09. The Bertz CT molecular complexity index is 941. The lowest BCUT2D eigenvalue weighted by atomic mass is 10.1. The minimum atomic E-state index is -0.364. The van der Waals surface area contributed by atoms with Crippen LogP contribution in [-0.4, -0.2) is 21.4 Å². The van der Waals surface area contributed by atoms with E-state index in [4.69, 9.17) is 4.42 Å². The lowest BCUT2D eigenvalue weighted by molar-refractivity contribution is -0.115. The van der Waals surface area contributed by atoms with Gasteiger partial charge < -0.3 is 9.73 Å². The molecule has 0 aliphatic carbocycles. The van der Waals surface area contributed by atoms with Gasteiger partial charge in [-0.3, -0.25) is 4.79 Å². The molecule has 0 spiro atoms. The Labute approximate surface area is 163 Å². The van der Waals surface area contributed by atoms with Gasteiger partial charge in [0.25, 0.3) is 5.22 Å². The van der Waals surface area contributed by atoms with Crippen molar-refractivity contribution in [2.24, 2.45) is 0 Å². The molecule has 0 saturated carbocycles. The lowest BCUT2D eigenvalue weighted by Crippen LogP contribution is -2.23. The van der Waals surface area contributed by atoms with E-state index in [-0.39, 0.29) is 11.2 Å². The van der Waals surface area contributed by atoms with Gasteiger partial charge in [0.1, 0.15) is 0 Å². The van der Waals surface area contributed by atoms with Gasteiger partial charge in [-0.2, -0.15) is 0 Å². The molecule has 1 atom stereocenters. The number of hydrogen-bond donors (Lipinski definition) is 1. The van der Waals surface area contributed by atoms with E-state index in [9.17, 15) is 4.79 Å². The van der Waals surface area contributed by atoms with Crippen LogP contribution in [0.15, 0.2) is 46.0 Å². The Hall–Kier alpha value is -2.60. The van der Waals surface area contributed by atoms with Crippen LogP contribution in [0.2, 0.25) is 0 Å². The van der Waals surface area contributed by atoms with Crippen molar-refractivity contribution in [1.82, 2.24) is 10.2 Å². The van der Waals surface area contributed by atoms with Crippen LogP contribution in [-0.2, 0) is 4.79 Å². The third-order valence-corrected chi connectivity index (χ3v) is 5.21. The van der Waals surface area contributed by atoms with Gasteiger partial charge in [-0.1, -0.05) is 47.2 Å². The van der Waals surface area contributed by atoms with Gasteiger partial charge in [-0.25, -0.2) is 0 Å². The highest BCUT2D eigenvalue weighted by Gasteiger charge is 2.20. The fraction of sp³-hybridized carbons (Fsp3) is 0.286. The number of carbonyl (C=O) groups excluding carboxylic acids is 1. The second kappa shape index (κ2) is 7.96. The number of nitrogens with zero attached hydrogens (tertiary/aromatic N) is 2. The number of rotatable bonds is 5. The van der Waals surface area contributed by atoms with Crippen LogP contribution in [0, 0.1) is 27.7 Å². The molecule has 3 aromatic rings. The summed E-state index contributed by atoms with van der Waals surface area (Å²) in [7, 11) is 0. The average molecular weight is 382 g/mol. The molecule has 1 amide bonds. The highest BCUT2D eigenvalue weighted by Crippen LogP contribution is 2.28. The first-order chi connectivity index (χ1) is 12.8. The Kier molecular flexibility index (Phi) is 5.65. The van der Waals surface area contributed by atoms with E-state index in [1.54, 1.807) is 0 Å². The number of anilines is 1. The highest BCUT2D eigenvalue weighted by atomic mass is 32.2. The first kappa shape index (κ1) is 19.2.